The van der Waals surface area contributed by atoms with Gasteiger partial charge in [-0.15, -0.1) is 0 Å². The maximum absolute atomic E-state index is 5.19. The molecule has 0 radical (unpaired) electrons. The van der Waals surface area contributed by atoms with E-state index in [-0.39, 0.29) is 0 Å². The summed E-state index contributed by atoms with van der Waals surface area (Å²) in [6.07, 6.45) is 0. The Hall–Kier alpha value is -1.14. The first kappa shape index (κ1) is 10.9. The molecule has 0 atom stereocenters. The summed E-state index contributed by atoms with van der Waals surface area (Å²) in [5.74, 6) is 7.41. The molecule has 0 saturated heterocycles. The fraction of sp³-hybridized carbons (Fsp3) is 0.273. The average molecular weight is 255 g/mol. The highest BCUT2D eigenvalue weighted by Crippen LogP contribution is 2.23. The molecule has 0 N–H and O–H groups in total. The number of alkyl halides is 1. The van der Waals surface area contributed by atoms with Gasteiger partial charge < -0.3 is 9.47 Å². The van der Waals surface area contributed by atoms with Crippen LogP contribution < -0.4 is 9.47 Å². The number of rotatable bonds is 2. The molecule has 0 amide bonds. The van der Waals surface area contributed by atoms with Gasteiger partial charge in [-0.25, -0.2) is 0 Å². The van der Waals surface area contributed by atoms with E-state index in [1.807, 2.05) is 18.2 Å². The zero-order valence-corrected chi connectivity index (χ0v) is 9.72. The molecule has 0 aliphatic heterocycles. The highest BCUT2D eigenvalue weighted by Gasteiger charge is 2.01. The molecule has 2 nitrogen and oxygen atoms in total. The Bertz CT molecular complexity index is 363. The fourth-order valence-corrected chi connectivity index (χ4v) is 1.17. The highest BCUT2D eigenvalue weighted by atomic mass is 79.9. The van der Waals surface area contributed by atoms with Crippen LogP contribution in [0.3, 0.4) is 0 Å². The SMILES string of the molecule is COc1ccc(C#CCBr)c(OC)c1. The van der Waals surface area contributed by atoms with Crippen LogP contribution in [0.4, 0.5) is 0 Å². The minimum absolute atomic E-state index is 0.655. The van der Waals surface area contributed by atoms with Crippen LogP contribution >= 0.6 is 15.9 Å². The predicted molar refractivity (Wildman–Crippen MR) is 60.2 cm³/mol. The van der Waals surface area contributed by atoms with Crippen LogP contribution in [0.2, 0.25) is 0 Å². The Morgan fingerprint density at radius 1 is 1.29 bits per heavy atom. The first-order valence-electron chi connectivity index (χ1n) is 4.08. The standard InChI is InChI=1S/C11H11BrO2/c1-13-10-6-5-9(4-3-7-12)11(8-10)14-2/h5-6,8H,7H2,1-2H3. The van der Waals surface area contributed by atoms with Crippen molar-refractivity contribution in [3.63, 3.8) is 0 Å². The van der Waals surface area contributed by atoms with E-state index < -0.39 is 0 Å². The van der Waals surface area contributed by atoms with Gasteiger partial charge in [0.1, 0.15) is 11.5 Å². The molecule has 0 unspecified atom stereocenters. The van der Waals surface area contributed by atoms with Gasteiger partial charge in [-0.05, 0) is 12.1 Å². The van der Waals surface area contributed by atoms with Crippen LogP contribution in [0.25, 0.3) is 0 Å². The van der Waals surface area contributed by atoms with E-state index in [4.69, 9.17) is 9.47 Å². The molecule has 0 fully saturated rings. The molecule has 1 aromatic rings. The molecule has 14 heavy (non-hydrogen) atoms. The van der Waals surface area contributed by atoms with Crippen LogP contribution in [0.15, 0.2) is 18.2 Å². The van der Waals surface area contributed by atoms with E-state index in [1.165, 1.54) is 0 Å². The maximum Gasteiger partial charge on any atom is 0.138 e. The van der Waals surface area contributed by atoms with Crippen LogP contribution in [0, 0.1) is 11.8 Å². The minimum atomic E-state index is 0.655. The third-order valence-electron chi connectivity index (χ3n) is 1.70. The van der Waals surface area contributed by atoms with Crippen molar-refractivity contribution in [3.8, 4) is 23.3 Å². The lowest BCUT2D eigenvalue weighted by Gasteiger charge is -2.05. The smallest absolute Gasteiger partial charge is 0.138 e. The summed E-state index contributed by atoms with van der Waals surface area (Å²) in [5, 5.41) is 0.655. The van der Waals surface area contributed by atoms with Crippen molar-refractivity contribution in [1.82, 2.24) is 0 Å². The van der Waals surface area contributed by atoms with Gasteiger partial charge in [-0.1, -0.05) is 27.8 Å². The summed E-state index contributed by atoms with van der Waals surface area (Å²) in [7, 11) is 3.24. The molecule has 0 aliphatic carbocycles. The summed E-state index contributed by atoms with van der Waals surface area (Å²) in [5.41, 5.74) is 0.868. The van der Waals surface area contributed by atoms with Crippen LogP contribution in [0.1, 0.15) is 5.56 Å². The van der Waals surface area contributed by atoms with Crippen molar-refractivity contribution in [2.24, 2.45) is 0 Å². The quantitative estimate of drug-likeness (QED) is 0.597. The number of halogens is 1. The summed E-state index contributed by atoms with van der Waals surface area (Å²) in [6.45, 7) is 0. The Kier molecular flexibility index (Phi) is 4.34. The maximum atomic E-state index is 5.19. The molecule has 1 aromatic carbocycles. The molecule has 3 heteroatoms. The first-order chi connectivity index (χ1) is 6.81. The van der Waals surface area contributed by atoms with Crippen molar-refractivity contribution in [3.05, 3.63) is 23.8 Å². The number of ether oxygens (including phenoxy) is 2. The molecule has 74 valence electrons. The molecule has 0 saturated carbocycles. The van der Waals surface area contributed by atoms with E-state index in [0.717, 1.165) is 17.1 Å². The average Bonchev–Trinajstić information content (AvgIpc) is 2.26. The highest BCUT2D eigenvalue weighted by molar-refractivity contribution is 9.09. The molecule has 0 aromatic heterocycles. The van der Waals surface area contributed by atoms with Gasteiger partial charge in [0.2, 0.25) is 0 Å². The molecule has 0 heterocycles. The van der Waals surface area contributed by atoms with Crippen molar-refractivity contribution < 1.29 is 9.47 Å². The van der Waals surface area contributed by atoms with Crippen LogP contribution in [-0.2, 0) is 0 Å². The van der Waals surface area contributed by atoms with E-state index in [0.29, 0.717) is 5.33 Å². The van der Waals surface area contributed by atoms with Crippen molar-refractivity contribution in [2.75, 3.05) is 19.5 Å². The lowest BCUT2D eigenvalue weighted by molar-refractivity contribution is 0.393. The van der Waals surface area contributed by atoms with Gasteiger partial charge in [0.05, 0.1) is 25.1 Å². The van der Waals surface area contributed by atoms with Crippen LogP contribution in [0.5, 0.6) is 11.5 Å². The van der Waals surface area contributed by atoms with Gasteiger partial charge in [0, 0.05) is 6.07 Å². The Morgan fingerprint density at radius 3 is 2.64 bits per heavy atom. The second-order valence-corrected chi connectivity index (χ2v) is 3.06. The predicted octanol–water partition coefficient (Wildman–Crippen LogP) is 2.45. The summed E-state index contributed by atoms with van der Waals surface area (Å²) in [4.78, 5) is 0. The van der Waals surface area contributed by atoms with Crippen molar-refractivity contribution in [2.45, 2.75) is 0 Å². The van der Waals surface area contributed by atoms with Gasteiger partial charge in [0.15, 0.2) is 0 Å². The van der Waals surface area contributed by atoms with Crippen molar-refractivity contribution in [1.29, 1.82) is 0 Å². The number of hydrogen-bond acceptors (Lipinski definition) is 2. The van der Waals surface area contributed by atoms with Gasteiger partial charge in [-0.2, -0.15) is 0 Å². The Morgan fingerprint density at radius 2 is 2.07 bits per heavy atom. The second kappa shape index (κ2) is 5.56. The lowest BCUT2D eigenvalue weighted by Crippen LogP contribution is -1.90. The largest absolute Gasteiger partial charge is 0.497 e. The van der Waals surface area contributed by atoms with Gasteiger partial charge in [-0.3, -0.25) is 0 Å². The molecule has 0 aliphatic rings. The summed E-state index contributed by atoms with van der Waals surface area (Å²) >= 11 is 3.24. The summed E-state index contributed by atoms with van der Waals surface area (Å²) < 4.78 is 10.3. The first-order valence-corrected chi connectivity index (χ1v) is 5.21. The lowest BCUT2D eigenvalue weighted by atomic mass is 10.2. The van der Waals surface area contributed by atoms with Crippen LogP contribution in [-0.4, -0.2) is 19.5 Å². The van der Waals surface area contributed by atoms with Gasteiger partial charge in [0.25, 0.3) is 0 Å². The van der Waals surface area contributed by atoms with E-state index in [2.05, 4.69) is 27.8 Å². The van der Waals surface area contributed by atoms with E-state index in [9.17, 15) is 0 Å². The Balaban J connectivity index is 3.05. The van der Waals surface area contributed by atoms with E-state index in [1.54, 1.807) is 14.2 Å². The third-order valence-corrected chi connectivity index (χ3v) is 1.98. The molecular weight excluding hydrogens is 244 g/mol. The van der Waals surface area contributed by atoms with Crippen molar-refractivity contribution >= 4 is 15.9 Å². The zero-order valence-electron chi connectivity index (χ0n) is 8.13. The zero-order chi connectivity index (χ0) is 10.4. The number of benzene rings is 1. The molecular formula is C11H11BrO2. The molecule has 0 spiro atoms. The minimum Gasteiger partial charge on any atom is -0.497 e. The summed E-state index contributed by atoms with van der Waals surface area (Å²) in [6, 6.07) is 5.56. The fourth-order valence-electron chi connectivity index (χ4n) is 1.03. The number of hydrogen-bond donors (Lipinski definition) is 0. The molecule has 0 bridgehead atoms. The Labute approximate surface area is 92.3 Å². The normalized spacial score (nSPS) is 8.79. The second-order valence-electron chi connectivity index (χ2n) is 2.50. The van der Waals surface area contributed by atoms with Gasteiger partial charge >= 0.3 is 0 Å². The molecule has 1 rings (SSSR count). The third kappa shape index (κ3) is 2.68. The number of methoxy groups -OCH3 is 2. The topological polar surface area (TPSA) is 18.5 Å². The van der Waals surface area contributed by atoms with E-state index >= 15 is 0 Å². The monoisotopic (exact) mass is 254 g/mol.